The Hall–Kier alpha value is -3.19. The van der Waals surface area contributed by atoms with Gasteiger partial charge in [0.2, 0.25) is 10.0 Å². The van der Waals surface area contributed by atoms with Gasteiger partial charge in [0.25, 0.3) is 5.91 Å². The van der Waals surface area contributed by atoms with Crippen molar-refractivity contribution in [2.75, 3.05) is 38.7 Å². The Morgan fingerprint density at radius 1 is 1.04 bits per heavy atom. The Morgan fingerprint density at radius 2 is 1.73 bits per heavy atom. The molecule has 0 aromatic heterocycles. The molecule has 3 N–H and O–H groups in total. The third-order valence-corrected chi connectivity index (χ3v) is 11.3. The lowest BCUT2D eigenvalue weighted by atomic mass is 9.96. The van der Waals surface area contributed by atoms with Gasteiger partial charge in [-0.25, -0.2) is 13.2 Å². The third-order valence-electron chi connectivity index (χ3n) is 9.42. The van der Waals surface area contributed by atoms with Crippen LogP contribution in [0.3, 0.4) is 0 Å². The molecule has 266 valence electrons. The van der Waals surface area contributed by atoms with Crippen molar-refractivity contribution >= 4 is 27.6 Å². The number of amides is 3. The predicted molar refractivity (Wildman–Crippen MR) is 187 cm³/mol. The summed E-state index contributed by atoms with van der Waals surface area (Å²) in [4.78, 5) is 29.0. The van der Waals surface area contributed by atoms with Crippen LogP contribution in [-0.4, -0.2) is 92.3 Å². The minimum absolute atomic E-state index is 0.0905. The fourth-order valence-electron chi connectivity index (χ4n) is 6.30. The lowest BCUT2D eigenvalue weighted by molar-refractivity contribution is -0.00833. The molecule has 1 heterocycles. The van der Waals surface area contributed by atoms with Crippen molar-refractivity contribution in [1.29, 1.82) is 0 Å². The number of urea groups is 1. The van der Waals surface area contributed by atoms with E-state index < -0.39 is 22.2 Å². The molecule has 1 aliphatic heterocycles. The maximum absolute atomic E-state index is 14.4. The van der Waals surface area contributed by atoms with Gasteiger partial charge in [-0.05, 0) is 83.2 Å². The number of anilines is 1. The van der Waals surface area contributed by atoms with Crippen molar-refractivity contribution in [3.8, 4) is 5.75 Å². The first-order chi connectivity index (χ1) is 22.9. The molecular formula is C36H54N4O7S. The van der Waals surface area contributed by atoms with Crippen LogP contribution in [0.4, 0.5) is 10.5 Å². The number of carbonyl (C=O) groups excluding carboxylic acids is 2. The molecule has 0 unspecified atom stereocenters. The number of aliphatic hydroxyl groups excluding tert-OH is 1. The molecule has 0 bridgehead atoms. The molecule has 4 rings (SSSR count). The van der Waals surface area contributed by atoms with Gasteiger partial charge in [0.15, 0.2) is 0 Å². The van der Waals surface area contributed by atoms with E-state index in [1.165, 1.54) is 10.7 Å². The molecule has 0 spiro atoms. The van der Waals surface area contributed by atoms with E-state index in [1.54, 1.807) is 61.3 Å². The summed E-state index contributed by atoms with van der Waals surface area (Å²) in [5, 5.41) is 16.2. The number of ether oxygens (including phenoxy) is 2. The van der Waals surface area contributed by atoms with E-state index >= 15 is 0 Å². The second-order valence-electron chi connectivity index (χ2n) is 13.5. The van der Waals surface area contributed by atoms with Gasteiger partial charge in [-0.2, -0.15) is 4.31 Å². The highest BCUT2D eigenvalue weighted by atomic mass is 32.2. The molecule has 2 aliphatic rings. The van der Waals surface area contributed by atoms with Crippen LogP contribution in [0.1, 0.15) is 88.1 Å². The standard InChI is InChI=1S/C36H54N4O7S/c1-25-14-17-31(18-15-25)48(44,45)39(5)23-34-26(2)22-40(27(3)24-41)35(42)32-21-30(38-36(43)37-29-12-7-6-8-13-29)16-19-33(32)47-28(4)11-9-10-20-46-34/h14-19,21,26-29,34,41H,6-13,20,22-24H2,1-5H3,(H2,37,38,43)/t26-,27-,28-,34+/m1/s1. The molecule has 48 heavy (non-hydrogen) atoms. The molecule has 12 heteroatoms. The van der Waals surface area contributed by atoms with Crippen molar-refractivity contribution in [3.05, 3.63) is 53.6 Å². The van der Waals surface area contributed by atoms with Crippen LogP contribution >= 0.6 is 0 Å². The highest BCUT2D eigenvalue weighted by molar-refractivity contribution is 7.89. The van der Waals surface area contributed by atoms with E-state index in [2.05, 4.69) is 10.6 Å². The summed E-state index contributed by atoms with van der Waals surface area (Å²) in [6.45, 7) is 7.99. The van der Waals surface area contributed by atoms with Crippen LogP contribution in [-0.2, 0) is 14.8 Å². The number of hydrogen-bond acceptors (Lipinski definition) is 7. The molecule has 0 saturated heterocycles. The average molecular weight is 687 g/mol. The van der Waals surface area contributed by atoms with Gasteiger partial charge in [-0.15, -0.1) is 0 Å². The number of sulfonamides is 1. The van der Waals surface area contributed by atoms with Crippen molar-refractivity contribution in [1.82, 2.24) is 14.5 Å². The number of hydrogen-bond donors (Lipinski definition) is 3. The summed E-state index contributed by atoms with van der Waals surface area (Å²) in [5.41, 5.74) is 1.70. The van der Waals surface area contributed by atoms with Gasteiger partial charge in [0.1, 0.15) is 5.75 Å². The number of rotatable bonds is 8. The maximum Gasteiger partial charge on any atom is 0.319 e. The van der Waals surface area contributed by atoms with E-state index in [0.29, 0.717) is 18.0 Å². The molecule has 1 fully saturated rings. The first-order valence-electron chi connectivity index (χ1n) is 17.3. The van der Waals surface area contributed by atoms with Gasteiger partial charge in [0, 0.05) is 44.4 Å². The Bertz CT molecular complexity index is 1460. The number of aryl methyl sites for hydroxylation is 1. The predicted octanol–water partition coefficient (Wildman–Crippen LogP) is 5.57. The van der Waals surface area contributed by atoms with Gasteiger partial charge < -0.3 is 30.1 Å². The van der Waals surface area contributed by atoms with Crippen LogP contribution in [0, 0.1) is 12.8 Å². The van der Waals surface area contributed by atoms with Gasteiger partial charge in [-0.3, -0.25) is 4.79 Å². The Labute approximate surface area is 286 Å². The first-order valence-corrected chi connectivity index (χ1v) is 18.8. The van der Waals surface area contributed by atoms with Crippen LogP contribution in [0.5, 0.6) is 5.75 Å². The van der Waals surface area contributed by atoms with E-state index in [4.69, 9.17) is 9.47 Å². The zero-order chi connectivity index (χ0) is 34.8. The Balaban J connectivity index is 1.60. The van der Waals surface area contributed by atoms with Crippen LogP contribution in [0.2, 0.25) is 0 Å². The van der Waals surface area contributed by atoms with Crippen molar-refractivity contribution in [2.45, 2.75) is 108 Å². The summed E-state index contributed by atoms with van der Waals surface area (Å²) < 4.78 is 40.9. The Kier molecular flexibility index (Phi) is 13.7. The van der Waals surface area contributed by atoms with Crippen molar-refractivity contribution < 1.29 is 32.6 Å². The summed E-state index contributed by atoms with van der Waals surface area (Å²) >= 11 is 0. The zero-order valence-electron chi connectivity index (χ0n) is 29.1. The summed E-state index contributed by atoms with van der Waals surface area (Å²) in [6.07, 6.45) is 6.85. The summed E-state index contributed by atoms with van der Waals surface area (Å²) in [7, 11) is -2.23. The quantitative estimate of drug-likeness (QED) is 0.331. The smallest absolute Gasteiger partial charge is 0.319 e. The molecule has 11 nitrogen and oxygen atoms in total. The highest BCUT2D eigenvalue weighted by Gasteiger charge is 2.32. The number of likely N-dealkylation sites (N-methyl/N-ethyl adjacent to an activating group) is 1. The van der Waals surface area contributed by atoms with Crippen LogP contribution in [0.15, 0.2) is 47.4 Å². The topological polar surface area (TPSA) is 138 Å². The molecule has 2 aromatic carbocycles. The summed E-state index contributed by atoms with van der Waals surface area (Å²) in [6, 6.07) is 11.1. The molecular weight excluding hydrogens is 632 g/mol. The number of fused-ring (bicyclic) bond motifs is 1. The van der Waals surface area contributed by atoms with Gasteiger partial charge in [0.05, 0.1) is 35.3 Å². The zero-order valence-corrected chi connectivity index (χ0v) is 29.9. The second kappa shape index (κ2) is 17.5. The largest absolute Gasteiger partial charge is 0.490 e. The van der Waals surface area contributed by atoms with Crippen molar-refractivity contribution in [3.63, 3.8) is 0 Å². The molecule has 1 saturated carbocycles. The van der Waals surface area contributed by atoms with Crippen molar-refractivity contribution in [2.24, 2.45) is 5.92 Å². The second-order valence-corrected chi connectivity index (χ2v) is 15.6. The summed E-state index contributed by atoms with van der Waals surface area (Å²) in [5.74, 6) is -0.256. The number of benzene rings is 2. The SMILES string of the molecule is Cc1ccc(S(=O)(=O)N(C)C[C@@H]2OCCCC[C@@H](C)Oc3ccc(NC(=O)NC4CCCCC4)cc3C(=O)N([C@H](C)CO)C[C@H]2C)cc1. The lowest BCUT2D eigenvalue weighted by Gasteiger charge is -2.35. The molecule has 1 aliphatic carbocycles. The number of aliphatic hydroxyl groups is 1. The normalized spacial score (nSPS) is 22.7. The van der Waals surface area contributed by atoms with E-state index in [1.807, 2.05) is 20.8 Å². The monoisotopic (exact) mass is 686 g/mol. The van der Waals surface area contributed by atoms with Gasteiger partial charge in [-0.1, -0.05) is 43.9 Å². The fraction of sp³-hybridized carbons (Fsp3) is 0.611. The number of nitrogens with zero attached hydrogens (tertiary/aromatic N) is 2. The average Bonchev–Trinajstić information content (AvgIpc) is 3.06. The van der Waals surface area contributed by atoms with E-state index in [-0.39, 0.29) is 60.2 Å². The van der Waals surface area contributed by atoms with E-state index in [0.717, 1.165) is 50.5 Å². The number of carbonyl (C=O) groups is 2. The Morgan fingerprint density at radius 3 is 2.42 bits per heavy atom. The maximum atomic E-state index is 14.4. The first kappa shape index (κ1) is 37.6. The minimum atomic E-state index is -3.78. The lowest BCUT2D eigenvalue weighted by Crippen LogP contribution is -2.48. The molecule has 0 radical (unpaired) electrons. The minimum Gasteiger partial charge on any atom is -0.490 e. The van der Waals surface area contributed by atoms with Crippen LogP contribution in [0.25, 0.3) is 0 Å². The fourth-order valence-corrected chi connectivity index (χ4v) is 7.49. The highest BCUT2D eigenvalue weighted by Crippen LogP contribution is 2.29. The molecule has 2 aromatic rings. The molecule has 4 atom stereocenters. The van der Waals surface area contributed by atoms with Crippen LogP contribution < -0.4 is 15.4 Å². The van der Waals surface area contributed by atoms with E-state index in [9.17, 15) is 23.1 Å². The number of nitrogens with one attached hydrogen (secondary N) is 2. The van der Waals surface area contributed by atoms with Gasteiger partial charge >= 0.3 is 6.03 Å². The molecule has 3 amide bonds. The third kappa shape index (κ3) is 10.2.